The van der Waals surface area contributed by atoms with Crippen molar-refractivity contribution in [2.24, 2.45) is 0 Å². The van der Waals surface area contributed by atoms with Gasteiger partial charge in [-0.15, -0.1) is 0 Å². The number of para-hydroxylation sites is 1. The topological polar surface area (TPSA) is 69.4 Å². The predicted molar refractivity (Wildman–Crippen MR) is 109 cm³/mol. The fourth-order valence-electron chi connectivity index (χ4n) is 3.17. The van der Waals surface area contributed by atoms with Gasteiger partial charge in [0.25, 0.3) is 5.69 Å². The van der Waals surface area contributed by atoms with Crippen molar-refractivity contribution in [3.05, 3.63) is 87.2 Å². The van der Waals surface area contributed by atoms with E-state index >= 15 is 0 Å². The Balaban J connectivity index is 2.19. The van der Waals surface area contributed by atoms with Crippen molar-refractivity contribution in [1.82, 2.24) is 0 Å². The lowest BCUT2D eigenvalue weighted by atomic mass is 9.92. The maximum absolute atomic E-state index is 11.7. The highest BCUT2D eigenvalue weighted by molar-refractivity contribution is 5.49. The van der Waals surface area contributed by atoms with Crippen LogP contribution in [0.3, 0.4) is 0 Å². The minimum absolute atomic E-state index is 0.0508. The Morgan fingerprint density at radius 3 is 1.64 bits per heavy atom. The van der Waals surface area contributed by atoms with E-state index in [0.29, 0.717) is 17.1 Å². The predicted octanol–water partition coefficient (Wildman–Crippen LogP) is 6.56. The molecular formula is C23H27NO4. The summed E-state index contributed by atoms with van der Waals surface area (Å²) in [5.74, 6) is 2.43. The van der Waals surface area contributed by atoms with Gasteiger partial charge in [-0.3, -0.25) is 10.1 Å². The van der Waals surface area contributed by atoms with Gasteiger partial charge >= 0.3 is 0 Å². The van der Waals surface area contributed by atoms with Crippen LogP contribution in [0.25, 0.3) is 0 Å². The molecule has 0 saturated carbocycles. The van der Waals surface area contributed by atoms with Crippen LogP contribution in [0.4, 0.5) is 5.69 Å². The van der Waals surface area contributed by atoms with Gasteiger partial charge in [0.05, 0.1) is 4.92 Å². The lowest BCUT2D eigenvalue weighted by molar-refractivity contribution is -0.385. The summed E-state index contributed by atoms with van der Waals surface area (Å²) in [6.45, 7) is 12.4. The van der Waals surface area contributed by atoms with E-state index in [4.69, 9.17) is 8.83 Å². The Morgan fingerprint density at radius 1 is 0.786 bits per heavy atom. The first-order valence-corrected chi connectivity index (χ1v) is 9.42. The van der Waals surface area contributed by atoms with Crippen LogP contribution in [0.1, 0.15) is 76.1 Å². The molecule has 0 unspecified atom stereocenters. The molecule has 5 heteroatoms. The van der Waals surface area contributed by atoms with Crippen LogP contribution in [0.15, 0.2) is 57.4 Å². The number of hydrogen-bond acceptors (Lipinski definition) is 4. The monoisotopic (exact) mass is 381 g/mol. The third-order valence-electron chi connectivity index (χ3n) is 4.75. The van der Waals surface area contributed by atoms with Crippen molar-refractivity contribution < 1.29 is 13.8 Å². The summed E-state index contributed by atoms with van der Waals surface area (Å²) in [7, 11) is 0. The minimum Gasteiger partial charge on any atom is -0.464 e. The summed E-state index contributed by atoms with van der Waals surface area (Å²) in [6, 6.07) is 14.4. The summed E-state index contributed by atoms with van der Waals surface area (Å²) in [5.41, 5.74) is 0.281. The maximum Gasteiger partial charge on any atom is 0.273 e. The van der Waals surface area contributed by atoms with Gasteiger partial charge in [-0.1, -0.05) is 59.7 Å². The van der Waals surface area contributed by atoms with Crippen LogP contribution in [-0.4, -0.2) is 4.92 Å². The number of rotatable bonds is 4. The Labute approximate surface area is 165 Å². The zero-order valence-electron chi connectivity index (χ0n) is 17.3. The molecule has 148 valence electrons. The van der Waals surface area contributed by atoms with Crippen molar-refractivity contribution in [3.8, 4) is 0 Å². The van der Waals surface area contributed by atoms with Crippen molar-refractivity contribution in [2.45, 2.75) is 58.3 Å². The molecule has 1 aromatic carbocycles. The molecule has 0 atom stereocenters. The summed E-state index contributed by atoms with van der Waals surface area (Å²) in [4.78, 5) is 11.3. The van der Waals surface area contributed by atoms with Gasteiger partial charge in [-0.05, 0) is 24.3 Å². The molecule has 0 aliphatic carbocycles. The van der Waals surface area contributed by atoms with E-state index in [1.807, 2.05) is 24.3 Å². The molecule has 0 aliphatic heterocycles. The SMILES string of the molecule is CC(C)(C)c1ccc(C(c2ccc(C(C)(C)C)o2)c2ccccc2[N+](=O)[O-])o1. The fraction of sp³-hybridized carbons (Fsp3) is 0.391. The molecular weight excluding hydrogens is 354 g/mol. The van der Waals surface area contributed by atoms with E-state index in [9.17, 15) is 10.1 Å². The lowest BCUT2D eigenvalue weighted by Crippen LogP contribution is -2.10. The molecule has 28 heavy (non-hydrogen) atoms. The largest absolute Gasteiger partial charge is 0.464 e. The highest BCUT2D eigenvalue weighted by atomic mass is 16.6. The normalized spacial score (nSPS) is 12.5. The molecule has 0 spiro atoms. The fourth-order valence-corrected chi connectivity index (χ4v) is 3.17. The highest BCUT2D eigenvalue weighted by Crippen LogP contribution is 2.40. The average molecular weight is 381 g/mol. The lowest BCUT2D eigenvalue weighted by Gasteiger charge is -2.18. The zero-order chi connectivity index (χ0) is 20.7. The van der Waals surface area contributed by atoms with Crippen LogP contribution in [0, 0.1) is 10.1 Å². The maximum atomic E-state index is 11.7. The average Bonchev–Trinajstić information content (AvgIpc) is 3.24. The van der Waals surface area contributed by atoms with Gasteiger partial charge in [0.15, 0.2) is 0 Å². The second kappa shape index (κ2) is 6.97. The van der Waals surface area contributed by atoms with E-state index < -0.39 is 5.92 Å². The van der Waals surface area contributed by atoms with Gasteiger partial charge in [-0.2, -0.15) is 0 Å². The van der Waals surface area contributed by atoms with E-state index in [2.05, 4.69) is 41.5 Å². The molecule has 0 radical (unpaired) electrons. The second-order valence-electron chi connectivity index (χ2n) is 9.15. The quantitative estimate of drug-likeness (QED) is 0.379. The standard InChI is InChI=1S/C23H27NO4/c1-22(2,3)19-13-11-17(27-19)21(15-9-7-8-10-16(15)24(25)26)18-12-14-20(28-18)23(4,5)6/h7-14,21H,1-6H3. The molecule has 0 fully saturated rings. The Kier molecular flexibility index (Phi) is 4.96. The Bertz CT molecular complexity index is 930. The summed E-state index contributed by atoms with van der Waals surface area (Å²) in [6.07, 6.45) is 0. The Morgan fingerprint density at radius 2 is 1.25 bits per heavy atom. The highest BCUT2D eigenvalue weighted by Gasteiger charge is 2.32. The molecule has 3 aromatic rings. The number of nitrogens with zero attached hydrogens (tertiary/aromatic N) is 1. The summed E-state index contributed by atoms with van der Waals surface area (Å²) in [5, 5.41) is 11.7. The van der Waals surface area contributed by atoms with E-state index in [-0.39, 0.29) is 21.4 Å². The molecule has 0 saturated heterocycles. The van der Waals surface area contributed by atoms with Crippen molar-refractivity contribution in [2.75, 3.05) is 0 Å². The van der Waals surface area contributed by atoms with Crippen LogP contribution < -0.4 is 0 Å². The van der Waals surface area contributed by atoms with Crippen LogP contribution in [0.5, 0.6) is 0 Å². The van der Waals surface area contributed by atoms with Crippen LogP contribution >= 0.6 is 0 Å². The van der Waals surface area contributed by atoms with Crippen molar-refractivity contribution in [3.63, 3.8) is 0 Å². The number of hydrogen-bond donors (Lipinski definition) is 0. The van der Waals surface area contributed by atoms with E-state index in [1.165, 1.54) is 6.07 Å². The molecule has 0 N–H and O–H groups in total. The van der Waals surface area contributed by atoms with Crippen LogP contribution in [-0.2, 0) is 10.8 Å². The van der Waals surface area contributed by atoms with Gasteiger partial charge in [0, 0.05) is 22.5 Å². The molecule has 5 nitrogen and oxygen atoms in total. The second-order valence-corrected chi connectivity index (χ2v) is 9.15. The van der Waals surface area contributed by atoms with Gasteiger partial charge in [-0.25, -0.2) is 0 Å². The zero-order valence-corrected chi connectivity index (χ0v) is 17.3. The van der Waals surface area contributed by atoms with E-state index in [1.54, 1.807) is 18.2 Å². The molecule has 0 aliphatic rings. The smallest absolute Gasteiger partial charge is 0.273 e. The summed E-state index contributed by atoms with van der Waals surface area (Å²) < 4.78 is 12.3. The molecule has 3 rings (SSSR count). The number of furan rings is 2. The summed E-state index contributed by atoms with van der Waals surface area (Å²) >= 11 is 0. The molecule has 0 bridgehead atoms. The molecule has 2 aromatic heterocycles. The van der Waals surface area contributed by atoms with Crippen molar-refractivity contribution >= 4 is 5.69 Å². The molecule has 2 heterocycles. The molecule has 0 amide bonds. The third kappa shape index (κ3) is 3.88. The van der Waals surface area contributed by atoms with Gasteiger partial charge in [0.2, 0.25) is 0 Å². The third-order valence-corrected chi connectivity index (χ3v) is 4.75. The number of nitro benzene ring substituents is 1. The minimum atomic E-state index is -0.492. The van der Waals surface area contributed by atoms with Crippen LogP contribution in [0.2, 0.25) is 0 Å². The van der Waals surface area contributed by atoms with Gasteiger partial charge < -0.3 is 8.83 Å². The number of benzene rings is 1. The van der Waals surface area contributed by atoms with Gasteiger partial charge in [0.1, 0.15) is 29.0 Å². The first kappa shape index (κ1) is 19.9. The van der Waals surface area contributed by atoms with Crippen molar-refractivity contribution in [1.29, 1.82) is 0 Å². The van der Waals surface area contributed by atoms with E-state index in [0.717, 1.165) is 11.5 Å². The Hall–Kier alpha value is -2.82. The number of nitro groups is 1. The first-order valence-electron chi connectivity index (χ1n) is 9.42. The first-order chi connectivity index (χ1) is 13.0.